The summed E-state index contributed by atoms with van der Waals surface area (Å²) in [6, 6.07) is 0.0736. The average Bonchev–Trinajstić information content (AvgIpc) is 2.61. The molecule has 1 amide bonds. The topological polar surface area (TPSA) is 85.8 Å². The molecule has 0 aliphatic heterocycles. The van der Waals surface area contributed by atoms with Gasteiger partial charge in [-0.2, -0.15) is 0 Å². The van der Waals surface area contributed by atoms with Crippen LogP contribution in [0.25, 0.3) is 0 Å². The van der Waals surface area contributed by atoms with Crippen molar-refractivity contribution in [2.75, 3.05) is 6.54 Å². The van der Waals surface area contributed by atoms with Gasteiger partial charge in [-0.25, -0.2) is 0 Å². The first-order chi connectivity index (χ1) is 7.59. The molecule has 1 atom stereocenters. The summed E-state index contributed by atoms with van der Waals surface area (Å²) in [5.41, 5.74) is 5.56. The highest BCUT2D eigenvalue weighted by atomic mass is 16.1. The zero-order valence-electron chi connectivity index (χ0n) is 9.81. The summed E-state index contributed by atoms with van der Waals surface area (Å²) in [4.78, 5) is 11.4. The van der Waals surface area contributed by atoms with Crippen molar-refractivity contribution in [3.63, 3.8) is 0 Å². The SMILES string of the molecule is CC(N)CCC(=O)NCCc1nncn1C. The highest BCUT2D eigenvalue weighted by Crippen LogP contribution is 1.94. The van der Waals surface area contributed by atoms with Crippen LogP contribution >= 0.6 is 0 Å². The molecule has 6 heteroatoms. The Morgan fingerprint density at radius 1 is 1.69 bits per heavy atom. The second-order valence-corrected chi connectivity index (χ2v) is 3.97. The van der Waals surface area contributed by atoms with Crippen LogP contribution in [-0.4, -0.2) is 33.3 Å². The van der Waals surface area contributed by atoms with Gasteiger partial charge in [-0.15, -0.1) is 10.2 Å². The molecule has 0 fully saturated rings. The molecule has 0 radical (unpaired) electrons. The molecule has 1 rings (SSSR count). The molecule has 90 valence electrons. The summed E-state index contributed by atoms with van der Waals surface area (Å²) in [5.74, 6) is 0.909. The molecule has 1 aromatic rings. The minimum atomic E-state index is 0.0412. The third-order valence-electron chi connectivity index (χ3n) is 2.30. The van der Waals surface area contributed by atoms with E-state index in [1.165, 1.54) is 0 Å². The Balaban J connectivity index is 2.16. The van der Waals surface area contributed by atoms with Gasteiger partial charge >= 0.3 is 0 Å². The lowest BCUT2D eigenvalue weighted by molar-refractivity contribution is -0.121. The number of aryl methyl sites for hydroxylation is 1. The number of aromatic nitrogens is 3. The van der Waals surface area contributed by atoms with E-state index >= 15 is 0 Å². The fraction of sp³-hybridized carbons (Fsp3) is 0.700. The van der Waals surface area contributed by atoms with Crippen LogP contribution in [0, 0.1) is 0 Å². The largest absolute Gasteiger partial charge is 0.356 e. The monoisotopic (exact) mass is 225 g/mol. The van der Waals surface area contributed by atoms with Gasteiger partial charge < -0.3 is 15.6 Å². The van der Waals surface area contributed by atoms with Crippen LogP contribution in [0.1, 0.15) is 25.6 Å². The zero-order chi connectivity index (χ0) is 12.0. The van der Waals surface area contributed by atoms with E-state index in [1.807, 2.05) is 18.5 Å². The van der Waals surface area contributed by atoms with Crippen LogP contribution in [0.2, 0.25) is 0 Å². The Kier molecular flexibility index (Phi) is 4.91. The standard InChI is InChI=1S/C10H19N5O/c1-8(11)3-4-10(16)12-6-5-9-14-13-7-15(9)2/h7-8H,3-6,11H2,1-2H3,(H,12,16). The summed E-state index contributed by atoms with van der Waals surface area (Å²) in [6.45, 7) is 2.48. The van der Waals surface area contributed by atoms with Crippen molar-refractivity contribution in [2.24, 2.45) is 12.8 Å². The Morgan fingerprint density at radius 2 is 2.44 bits per heavy atom. The van der Waals surface area contributed by atoms with Crippen LogP contribution in [0.4, 0.5) is 0 Å². The molecular weight excluding hydrogens is 206 g/mol. The van der Waals surface area contributed by atoms with Crippen molar-refractivity contribution >= 4 is 5.91 Å². The Labute approximate surface area is 95.2 Å². The van der Waals surface area contributed by atoms with Crippen molar-refractivity contribution in [2.45, 2.75) is 32.2 Å². The number of hydrogen-bond donors (Lipinski definition) is 2. The lowest BCUT2D eigenvalue weighted by Crippen LogP contribution is -2.28. The molecule has 6 nitrogen and oxygen atoms in total. The van der Waals surface area contributed by atoms with Crippen molar-refractivity contribution in [1.82, 2.24) is 20.1 Å². The molecule has 0 aliphatic carbocycles. The number of nitrogens with one attached hydrogen (secondary N) is 1. The molecule has 1 heterocycles. The van der Waals surface area contributed by atoms with Crippen LogP contribution in [0.5, 0.6) is 0 Å². The van der Waals surface area contributed by atoms with Crippen molar-refractivity contribution < 1.29 is 4.79 Å². The second-order valence-electron chi connectivity index (χ2n) is 3.97. The van der Waals surface area contributed by atoms with Crippen LogP contribution in [0.15, 0.2) is 6.33 Å². The maximum Gasteiger partial charge on any atom is 0.220 e. The lowest BCUT2D eigenvalue weighted by atomic mass is 10.2. The maximum atomic E-state index is 11.4. The average molecular weight is 225 g/mol. The summed E-state index contributed by atoms with van der Waals surface area (Å²) in [7, 11) is 1.88. The van der Waals surface area contributed by atoms with Gasteiger partial charge in [0.25, 0.3) is 0 Å². The molecule has 0 bridgehead atoms. The van der Waals surface area contributed by atoms with E-state index < -0.39 is 0 Å². The van der Waals surface area contributed by atoms with Gasteiger partial charge in [0.15, 0.2) is 0 Å². The van der Waals surface area contributed by atoms with Crippen molar-refractivity contribution in [1.29, 1.82) is 0 Å². The summed E-state index contributed by atoms with van der Waals surface area (Å²) < 4.78 is 1.84. The molecular formula is C10H19N5O. The van der Waals surface area contributed by atoms with E-state index in [1.54, 1.807) is 6.33 Å². The number of nitrogens with zero attached hydrogens (tertiary/aromatic N) is 3. The summed E-state index contributed by atoms with van der Waals surface area (Å²) in [6.07, 6.45) is 3.54. The van der Waals surface area contributed by atoms with Gasteiger partial charge in [0.05, 0.1) is 0 Å². The fourth-order valence-electron chi connectivity index (χ4n) is 1.29. The minimum absolute atomic E-state index is 0.0412. The number of carbonyl (C=O) groups excluding carboxylic acids is 1. The van der Waals surface area contributed by atoms with Crippen LogP contribution in [0.3, 0.4) is 0 Å². The van der Waals surface area contributed by atoms with Crippen molar-refractivity contribution in [3.05, 3.63) is 12.2 Å². The molecule has 0 saturated carbocycles. The van der Waals surface area contributed by atoms with E-state index in [2.05, 4.69) is 15.5 Å². The Bertz CT molecular complexity index is 334. The van der Waals surface area contributed by atoms with E-state index in [0.717, 1.165) is 12.2 Å². The van der Waals surface area contributed by atoms with E-state index in [0.29, 0.717) is 19.4 Å². The molecule has 3 N–H and O–H groups in total. The van der Waals surface area contributed by atoms with Gasteiger partial charge in [0, 0.05) is 32.5 Å². The molecule has 16 heavy (non-hydrogen) atoms. The quantitative estimate of drug-likeness (QED) is 0.690. The smallest absolute Gasteiger partial charge is 0.220 e. The summed E-state index contributed by atoms with van der Waals surface area (Å²) >= 11 is 0. The van der Waals surface area contributed by atoms with Crippen molar-refractivity contribution in [3.8, 4) is 0 Å². The molecule has 0 aromatic carbocycles. The van der Waals surface area contributed by atoms with E-state index in [4.69, 9.17) is 5.73 Å². The fourth-order valence-corrected chi connectivity index (χ4v) is 1.29. The number of carbonyl (C=O) groups is 1. The maximum absolute atomic E-state index is 11.4. The van der Waals surface area contributed by atoms with Gasteiger partial charge in [-0.05, 0) is 13.3 Å². The Morgan fingerprint density at radius 3 is 3.00 bits per heavy atom. The predicted molar refractivity (Wildman–Crippen MR) is 60.6 cm³/mol. The highest BCUT2D eigenvalue weighted by Gasteiger charge is 2.04. The number of rotatable bonds is 6. The second kappa shape index (κ2) is 6.22. The van der Waals surface area contributed by atoms with Gasteiger partial charge in [0.2, 0.25) is 5.91 Å². The van der Waals surface area contributed by atoms with E-state index in [-0.39, 0.29) is 11.9 Å². The molecule has 1 unspecified atom stereocenters. The van der Waals surface area contributed by atoms with Gasteiger partial charge in [0.1, 0.15) is 12.2 Å². The molecule has 0 aliphatic rings. The third kappa shape index (κ3) is 4.39. The third-order valence-corrected chi connectivity index (χ3v) is 2.30. The lowest BCUT2D eigenvalue weighted by Gasteiger charge is -2.06. The van der Waals surface area contributed by atoms with Crippen LogP contribution in [-0.2, 0) is 18.3 Å². The number of amides is 1. The van der Waals surface area contributed by atoms with Gasteiger partial charge in [-0.3, -0.25) is 4.79 Å². The van der Waals surface area contributed by atoms with E-state index in [9.17, 15) is 4.79 Å². The highest BCUT2D eigenvalue weighted by molar-refractivity contribution is 5.75. The normalized spacial score (nSPS) is 12.4. The summed E-state index contributed by atoms with van der Waals surface area (Å²) in [5, 5.41) is 10.5. The number of hydrogen-bond acceptors (Lipinski definition) is 4. The minimum Gasteiger partial charge on any atom is -0.356 e. The molecule has 0 saturated heterocycles. The first-order valence-corrected chi connectivity index (χ1v) is 5.44. The number of nitrogens with two attached hydrogens (primary N) is 1. The molecule has 1 aromatic heterocycles. The first-order valence-electron chi connectivity index (χ1n) is 5.44. The van der Waals surface area contributed by atoms with Crippen LogP contribution < -0.4 is 11.1 Å². The molecule has 0 spiro atoms. The Hall–Kier alpha value is -1.43. The van der Waals surface area contributed by atoms with Gasteiger partial charge in [-0.1, -0.05) is 0 Å². The zero-order valence-corrected chi connectivity index (χ0v) is 9.81. The first kappa shape index (κ1) is 12.6. The predicted octanol–water partition coefficient (Wildman–Crippen LogP) is -0.399.